The first-order valence-corrected chi connectivity index (χ1v) is 10.6. The Morgan fingerprint density at radius 1 is 1.35 bits per heavy atom. The number of nitrogens with zero attached hydrogens (tertiary/aromatic N) is 3. The highest BCUT2D eigenvalue weighted by Crippen LogP contribution is 2.29. The van der Waals surface area contributed by atoms with Gasteiger partial charge in [0.2, 0.25) is 0 Å². The van der Waals surface area contributed by atoms with Crippen LogP contribution in [0.4, 0.5) is 5.69 Å². The molecule has 0 saturated heterocycles. The van der Waals surface area contributed by atoms with E-state index in [1.54, 1.807) is 12.1 Å². The Kier molecular flexibility index (Phi) is 7.34. The minimum absolute atomic E-state index is 0.0254. The van der Waals surface area contributed by atoms with Crippen LogP contribution in [0.2, 0.25) is 5.02 Å². The van der Waals surface area contributed by atoms with Crippen molar-refractivity contribution in [2.45, 2.75) is 33.4 Å². The van der Waals surface area contributed by atoms with E-state index in [4.69, 9.17) is 20.8 Å². The zero-order chi connectivity index (χ0) is 22.5. The third-order valence-electron chi connectivity index (χ3n) is 4.51. The molecule has 1 N–H and O–H groups in total. The number of nitro groups is 1. The van der Waals surface area contributed by atoms with E-state index in [1.807, 2.05) is 18.5 Å². The van der Waals surface area contributed by atoms with E-state index in [0.29, 0.717) is 18.8 Å². The third kappa shape index (κ3) is 5.65. The van der Waals surface area contributed by atoms with Gasteiger partial charge in [0, 0.05) is 30.9 Å². The average Bonchev–Trinajstić information content (AvgIpc) is 3.31. The number of hydrogen-bond donors (Lipinski definition) is 1. The normalized spacial score (nSPS) is 10.8. The molecule has 31 heavy (non-hydrogen) atoms. The van der Waals surface area contributed by atoms with E-state index >= 15 is 0 Å². The fourth-order valence-electron chi connectivity index (χ4n) is 2.86. The summed E-state index contributed by atoms with van der Waals surface area (Å²) in [6, 6.07) is 7.11. The highest BCUT2D eigenvalue weighted by atomic mass is 79.9. The van der Waals surface area contributed by atoms with Crippen molar-refractivity contribution < 1.29 is 18.9 Å². The van der Waals surface area contributed by atoms with Gasteiger partial charge in [0.15, 0.2) is 5.76 Å². The van der Waals surface area contributed by atoms with Crippen molar-refractivity contribution in [3.63, 3.8) is 0 Å². The molecule has 0 unspecified atom stereocenters. The number of nitrogens with one attached hydrogen (secondary N) is 1. The van der Waals surface area contributed by atoms with Crippen LogP contribution in [0, 0.1) is 24.0 Å². The quantitative estimate of drug-likeness (QED) is 0.250. The van der Waals surface area contributed by atoms with Gasteiger partial charge < -0.3 is 14.5 Å². The van der Waals surface area contributed by atoms with Crippen LogP contribution in [-0.4, -0.2) is 27.2 Å². The maximum Gasteiger partial charge on any atom is 0.286 e. The summed E-state index contributed by atoms with van der Waals surface area (Å²) in [5, 5.41) is 18.1. The Hall–Kier alpha value is -2.85. The third-order valence-corrected chi connectivity index (χ3v) is 5.95. The summed E-state index contributed by atoms with van der Waals surface area (Å²) in [6.45, 7) is 5.10. The first-order valence-electron chi connectivity index (χ1n) is 9.39. The van der Waals surface area contributed by atoms with Crippen LogP contribution >= 0.6 is 27.5 Å². The molecule has 2 aromatic heterocycles. The van der Waals surface area contributed by atoms with Crippen molar-refractivity contribution >= 4 is 39.1 Å². The molecule has 3 aromatic rings. The molecule has 2 heterocycles. The predicted octanol–water partition coefficient (Wildman–Crippen LogP) is 4.82. The van der Waals surface area contributed by atoms with Crippen LogP contribution in [0.15, 0.2) is 39.2 Å². The molecule has 1 amide bonds. The number of nitro benzene ring substituents is 1. The van der Waals surface area contributed by atoms with Crippen LogP contribution in [0.1, 0.15) is 34.1 Å². The smallest absolute Gasteiger partial charge is 0.286 e. The molecule has 0 aliphatic carbocycles. The topological polar surface area (TPSA) is 112 Å². The van der Waals surface area contributed by atoms with E-state index in [9.17, 15) is 14.9 Å². The molecule has 0 atom stereocenters. The summed E-state index contributed by atoms with van der Waals surface area (Å²) in [6.07, 6.45) is 0.718. The first-order chi connectivity index (χ1) is 14.8. The van der Waals surface area contributed by atoms with Gasteiger partial charge in [-0.3, -0.25) is 19.6 Å². The number of amides is 1. The second-order valence-electron chi connectivity index (χ2n) is 6.74. The first kappa shape index (κ1) is 22.8. The van der Waals surface area contributed by atoms with Gasteiger partial charge in [-0.1, -0.05) is 11.6 Å². The van der Waals surface area contributed by atoms with Crippen molar-refractivity contribution in [3.8, 4) is 5.75 Å². The molecule has 1 aromatic carbocycles. The number of carbonyl (C=O) groups excluding carboxylic acids is 1. The molecule has 0 saturated carbocycles. The van der Waals surface area contributed by atoms with Crippen LogP contribution in [0.5, 0.6) is 5.75 Å². The van der Waals surface area contributed by atoms with Gasteiger partial charge in [-0.2, -0.15) is 5.10 Å². The number of non-ortho nitro benzene ring substituents is 1. The van der Waals surface area contributed by atoms with E-state index in [-0.39, 0.29) is 34.7 Å². The molecule has 0 aliphatic rings. The number of aryl methyl sites for hydroxylation is 2. The summed E-state index contributed by atoms with van der Waals surface area (Å²) in [5.74, 6) is 0.550. The second-order valence-corrected chi connectivity index (χ2v) is 7.94. The minimum atomic E-state index is -0.538. The number of carbonyl (C=O) groups is 1. The van der Waals surface area contributed by atoms with E-state index in [2.05, 4.69) is 26.3 Å². The molecule has 164 valence electrons. The molecular weight excluding hydrogens is 492 g/mol. The van der Waals surface area contributed by atoms with Gasteiger partial charge in [-0.15, -0.1) is 0 Å². The number of benzene rings is 1. The summed E-state index contributed by atoms with van der Waals surface area (Å²) < 4.78 is 13.9. The molecule has 3 rings (SSSR count). The van der Waals surface area contributed by atoms with Gasteiger partial charge in [0.1, 0.15) is 18.1 Å². The zero-order valence-electron chi connectivity index (χ0n) is 16.9. The zero-order valence-corrected chi connectivity index (χ0v) is 19.2. The predicted molar refractivity (Wildman–Crippen MR) is 117 cm³/mol. The highest BCUT2D eigenvalue weighted by molar-refractivity contribution is 9.10. The summed E-state index contributed by atoms with van der Waals surface area (Å²) in [5.41, 5.74) is 1.86. The largest absolute Gasteiger partial charge is 0.484 e. The van der Waals surface area contributed by atoms with Gasteiger partial charge in [0.05, 0.1) is 20.1 Å². The number of aromatic nitrogens is 2. The van der Waals surface area contributed by atoms with Gasteiger partial charge >= 0.3 is 0 Å². The minimum Gasteiger partial charge on any atom is -0.484 e. The lowest BCUT2D eigenvalue weighted by Crippen LogP contribution is -2.25. The monoisotopic (exact) mass is 510 g/mol. The fraction of sp³-hybridized carbons (Fsp3) is 0.300. The molecule has 0 fully saturated rings. The summed E-state index contributed by atoms with van der Waals surface area (Å²) in [7, 11) is 0. The van der Waals surface area contributed by atoms with E-state index < -0.39 is 4.92 Å². The number of furan rings is 1. The van der Waals surface area contributed by atoms with Crippen LogP contribution < -0.4 is 10.1 Å². The van der Waals surface area contributed by atoms with E-state index in [0.717, 1.165) is 22.3 Å². The summed E-state index contributed by atoms with van der Waals surface area (Å²) in [4.78, 5) is 22.5. The van der Waals surface area contributed by atoms with Crippen molar-refractivity contribution in [2.75, 3.05) is 6.54 Å². The van der Waals surface area contributed by atoms with Gasteiger partial charge in [-0.25, -0.2) is 0 Å². The van der Waals surface area contributed by atoms with E-state index in [1.165, 1.54) is 18.2 Å². The van der Waals surface area contributed by atoms with Crippen molar-refractivity contribution in [1.29, 1.82) is 0 Å². The Morgan fingerprint density at radius 3 is 2.77 bits per heavy atom. The van der Waals surface area contributed by atoms with Crippen molar-refractivity contribution in [3.05, 3.63) is 72.8 Å². The molecule has 0 aliphatic heterocycles. The van der Waals surface area contributed by atoms with Crippen LogP contribution in [-0.2, 0) is 13.2 Å². The molecule has 0 bridgehead atoms. The lowest BCUT2D eigenvalue weighted by Gasteiger charge is -2.07. The molecule has 0 radical (unpaired) electrons. The molecule has 11 heteroatoms. The summed E-state index contributed by atoms with van der Waals surface area (Å²) >= 11 is 9.49. The molecule has 0 spiro atoms. The Morgan fingerprint density at radius 2 is 2.13 bits per heavy atom. The molecule has 9 nitrogen and oxygen atoms in total. The Labute approximate surface area is 191 Å². The lowest BCUT2D eigenvalue weighted by molar-refractivity contribution is -0.384. The molecular formula is C20H20BrClN4O5. The fourth-order valence-corrected chi connectivity index (χ4v) is 3.37. The van der Waals surface area contributed by atoms with Crippen LogP contribution in [0.3, 0.4) is 0 Å². The Balaban J connectivity index is 1.47. The average molecular weight is 512 g/mol. The Bertz CT molecular complexity index is 1110. The highest BCUT2D eigenvalue weighted by Gasteiger charge is 2.14. The van der Waals surface area contributed by atoms with Crippen LogP contribution in [0.25, 0.3) is 0 Å². The van der Waals surface area contributed by atoms with Crippen molar-refractivity contribution in [1.82, 2.24) is 15.1 Å². The number of ether oxygens (including phenoxy) is 1. The maximum absolute atomic E-state index is 12.3. The van der Waals surface area contributed by atoms with Gasteiger partial charge in [0.25, 0.3) is 11.6 Å². The number of halogens is 2. The number of hydrogen-bond acceptors (Lipinski definition) is 6. The standard InChI is InChI=1S/C20H20BrClN4O5/c1-12-19(21)13(2)25(24-12)9-3-8-23-20(27)18-7-5-15(31-18)11-30-17-6-4-14(26(28)29)10-16(17)22/h4-7,10H,3,8-9,11H2,1-2H3,(H,23,27). The van der Waals surface area contributed by atoms with Gasteiger partial charge in [-0.05, 0) is 54.4 Å². The number of rotatable bonds is 9. The second kappa shape index (κ2) is 9.97. The maximum atomic E-state index is 12.3. The lowest BCUT2D eigenvalue weighted by atomic mass is 10.3. The van der Waals surface area contributed by atoms with Crippen molar-refractivity contribution in [2.24, 2.45) is 0 Å². The SMILES string of the molecule is Cc1nn(CCCNC(=O)c2ccc(COc3ccc([N+](=O)[O-])cc3Cl)o2)c(C)c1Br.